The Hall–Kier alpha value is -0.970. The Labute approximate surface area is 88.0 Å². The van der Waals surface area contributed by atoms with Gasteiger partial charge in [0.25, 0.3) is 0 Å². The van der Waals surface area contributed by atoms with Crippen LogP contribution in [-0.4, -0.2) is 46.5 Å². The van der Waals surface area contributed by atoms with E-state index in [0.717, 1.165) is 0 Å². The normalized spacial score (nSPS) is 9.50. The number of nitrogens with zero attached hydrogens (tertiary/aromatic N) is 1. The first-order chi connectivity index (χ1) is 6.61. The van der Waals surface area contributed by atoms with Gasteiger partial charge in [0.1, 0.15) is 6.54 Å². The summed E-state index contributed by atoms with van der Waals surface area (Å²) in [6.07, 6.45) is 1.71. The average molecular weight is 217 g/mol. The molecule has 0 bridgehead atoms. The molecule has 0 fully saturated rings. The summed E-state index contributed by atoms with van der Waals surface area (Å²) in [6, 6.07) is 0. The lowest BCUT2D eigenvalue weighted by Gasteiger charge is -2.17. The second kappa shape index (κ2) is 7.44. The molecule has 0 spiro atoms. The standard InChI is InChI=1S/C9H15NO3S/c1-3-5-14-7-8(11)10(4-2)6-9(12)13/h3H,1,4-7H2,2H3,(H,12,13). The molecule has 0 radical (unpaired) electrons. The van der Waals surface area contributed by atoms with Crippen molar-refractivity contribution in [2.75, 3.05) is 24.6 Å². The molecule has 0 aliphatic heterocycles. The van der Waals surface area contributed by atoms with Gasteiger partial charge in [-0.2, -0.15) is 0 Å². The number of carboxylic acid groups (broad SMARTS) is 1. The molecule has 0 saturated heterocycles. The molecule has 0 atom stereocenters. The summed E-state index contributed by atoms with van der Waals surface area (Å²) in [5.74, 6) is -0.0978. The maximum atomic E-state index is 11.4. The van der Waals surface area contributed by atoms with Gasteiger partial charge in [-0.15, -0.1) is 18.3 Å². The molecule has 0 rings (SSSR count). The lowest BCUT2D eigenvalue weighted by Crippen LogP contribution is -2.36. The zero-order valence-corrected chi connectivity index (χ0v) is 9.05. The third-order valence-electron chi connectivity index (χ3n) is 1.52. The summed E-state index contributed by atoms with van der Waals surface area (Å²) in [7, 11) is 0. The second-order valence-electron chi connectivity index (χ2n) is 2.61. The third-order valence-corrected chi connectivity index (χ3v) is 2.44. The van der Waals surface area contributed by atoms with Crippen molar-refractivity contribution in [3.8, 4) is 0 Å². The number of carbonyl (C=O) groups excluding carboxylic acids is 1. The number of carboxylic acids is 1. The fourth-order valence-corrected chi connectivity index (χ4v) is 1.50. The van der Waals surface area contributed by atoms with Crippen LogP contribution in [0.15, 0.2) is 12.7 Å². The van der Waals surface area contributed by atoms with Gasteiger partial charge in [-0.25, -0.2) is 0 Å². The van der Waals surface area contributed by atoms with Crippen LogP contribution in [0.5, 0.6) is 0 Å². The van der Waals surface area contributed by atoms with Crippen LogP contribution in [0.4, 0.5) is 0 Å². The van der Waals surface area contributed by atoms with Crippen molar-refractivity contribution in [3.05, 3.63) is 12.7 Å². The van der Waals surface area contributed by atoms with Gasteiger partial charge >= 0.3 is 5.97 Å². The predicted octanol–water partition coefficient (Wildman–Crippen LogP) is 0.839. The van der Waals surface area contributed by atoms with Gasteiger partial charge in [0, 0.05) is 12.3 Å². The van der Waals surface area contributed by atoms with E-state index >= 15 is 0 Å². The summed E-state index contributed by atoms with van der Waals surface area (Å²) in [6.45, 7) is 5.51. The smallest absolute Gasteiger partial charge is 0.323 e. The number of aliphatic carboxylic acids is 1. The Kier molecular flexibility index (Phi) is 6.92. The summed E-state index contributed by atoms with van der Waals surface area (Å²) in [4.78, 5) is 23.1. The van der Waals surface area contributed by atoms with Gasteiger partial charge < -0.3 is 10.0 Å². The highest BCUT2D eigenvalue weighted by atomic mass is 32.2. The van der Waals surface area contributed by atoms with Crippen molar-refractivity contribution in [2.45, 2.75) is 6.92 Å². The Bertz CT molecular complexity index is 218. The van der Waals surface area contributed by atoms with Crippen molar-refractivity contribution >= 4 is 23.6 Å². The Morgan fingerprint density at radius 2 is 2.21 bits per heavy atom. The minimum absolute atomic E-state index is 0.137. The van der Waals surface area contributed by atoms with Crippen LogP contribution in [0.1, 0.15) is 6.92 Å². The summed E-state index contributed by atoms with van der Waals surface area (Å²) in [5.41, 5.74) is 0. The number of carbonyl (C=O) groups is 2. The van der Waals surface area contributed by atoms with E-state index in [-0.39, 0.29) is 12.5 Å². The van der Waals surface area contributed by atoms with Crippen molar-refractivity contribution in [1.82, 2.24) is 4.90 Å². The van der Waals surface area contributed by atoms with Gasteiger partial charge in [-0.3, -0.25) is 9.59 Å². The summed E-state index contributed by atoms with van der Waals surface area (Å²) < 4.78 is 0. The molecule has 0 unspecified atom stereocenters. The summed E-state index contributed by atoms with van der Waals surface area (Å²) >= 11 is 1.43. The zero-order chi connectivity index (χ0) is 11.0. The molecule has 0 saturated carbocycles. The van der Waals surface area contributed by atoms with Crippen LogP contribution in [0.25, 0.3) is 0 Å². The fourth-order valence-electron chi connectivity index (χ4n) is 0.860. The molecule has 1 N–H and O–H groups in total. The molecule has 14 heavy (non-hydrogen) atoms. The molecule has 80 valence electrons. The maximum Gasteiger partial charge on any atom is 0.323 e. The van der Waals surface area contributed by atoms with E-state index in [9.17, 15) is 9.59 Å². The molecule has 1 amide bonds. The largest absolute Gasteiger partial charge is 0.480 e. The minimum Gasteiger partial charge on any atom is -0.480 e. The van der Waals surface area contributed by atoms with Crippen LogP contribution in [0, 0.1) is 0 Å². The van der Waals surface area contributed by atoms with E-state index < -0.39 is 5.97 Å². The van der Waals surface area contributed by atoms with E-state index in [0.29, 0.717) is 18.1 Å². The lowest BCUT2D eigenvalue weighted by atomic mass is 10.4. The molecule has 0 heterocycles. The first-order valence-corrected chi connectivity index (χ1v) is 5.45. The van der Waals surface area contributed by atoms with Gasteiger partial charge in [-0.1, -0.05) is 6.08 Å². The number of hydrogen-bond acceptors (Lipinski definition) is 3. The second-order valence-corrected chi connectivity index (χ2v) is 3.64. The van der Waals surface area contributed by atoms with E-state index in [1.807, 2.05) is 0 Å². The molecule has 4 nitrogen and oxygen atoms in total. The lowest BCUT2D eigenvalue weighted by molar-refractivity contribution is -0.143. The monoisotopic (exact) mass is 217 g/mol. The topological polar surface area (TPSA) is 57.6 Å². The molecule has 0 aromatic heterocycles. The fraction of sp³-hybridized carbons (Fsp3) is 0.556. The molecular weight excluding hydrogens is 202 g/mol. The first-order valence-electron chi connectivity index (χ1n) is 4.30. The van der Waals surface area contributed by atoms with Gasteiger partial charge in [-0.05, 0) is 6.92 Å². The van der Waals surface area contributed by atoms with Crippen LogP contribution in [-0.2, 0) is 9.59 Å². The molecule has 0 aliphatic carbocycles. The highest BCUT2D eigenvalue weighted by Crippen LogP contribution is 2.02. The Balaban J connectivity index is 3.91. The molecular formula is C9H15NO3S. The van der Waals surface area contributed by atoms with E-state index in [1.54, 1.807) is 13.0 Å². The van der Waals surface area contributed by atoms with E-state index in [1.165, 1.54) is 16.7 Å². The number of likely N-dealkylation sites (N-methyl/N-ethyl adjacent to an activating group) is 1. The maximum absolute atomic E-state index is 11.4. The molecule has 0 aromatic rings. The van der Waals surface area contributed by atoms with Crippen LogP contribution in [0.2, 0.25) is 0 Å². The van der Waals surface area contributed by atoms with Gasteiger partial charge in [0.15, 0.2) is 0 Å². The average Bonchev–Trinajstić information content (AvgIpc) is 2.14. The highest BCUT2D eigenvalue weighted by molar-refractivity contribution is 8.00. The quantitative estimate of drug-likeness (QED) is 0.507. The molecule has 0 aliphatic rings. The van der Waals surface area contributed by atoms with E-state index in [2.05, 4.69) is 6.58 Å². The number of amides is 1. The zero-order valence-electron chi connectivity index (χ0n) is 8.23. The SMILES string of the molecule is C=CCSCC(=O)N(CC)CC(=O)O. The van der Waals surface area contributed by atoms with Crippen molar-refractivity contribution < 1.29 is 14.7 Å². The number of hydrogen-bond donors (Lipinski definition) is 1. The Morgan fingerprint density at radius 1 is 1.57 bits per heavy atom. The predicted molar refractivity (Wildman–Crippen MR) is 57.4 cm³/mol. The summed E-state index contributed by atoms with van der Waals surface area (Å²) in [5, 5.41) is 8.52. The minimum atomic E-state index is -0.978. The Morgan fingerprint density at radius 3 is 2.64 bits per heavy atom. The van der Waals surface area contributed by atoms with Gasteiger partial charge in [0.2, 0.25) is 5.91 Å². The van der Waals surface area contributed by atoms with Crippen molar-refractivity contribution in [1.29, 1.82) is 0 Å². The van der Waals surface area contributed by atoms with Crippen molar-refractivity contribution in [3.63, 3.8) is 0 Å². The molecule has 5 heteroatoms. The third kappa shape index (κ3) is 5.64. The number of thioether (sulfide) groups is 1. The number of rotatable bonds is 7. The molecule has 0 aromatic carbocycles. The van der Waals surface area contributed by atoms with Crippen LogP contribution < -0.4 is 0 Å². The van der Waals surface area contributed by atoms with E-state index in [4.69, 9.17) is 5.11 Å². The van der Waals surface area contributed by atoms with Crippen LogP contribution >= 0.6 is 11.8 Å². The first kappa shape index (κ1) is 13.0. The van der Waals surface area contributed by atoms with Crippen LogP contribution in [0.3, 0.4) is 0 Å². The van der Waals surface area contributed by atoms with Crippen molar-refractivity contribution in [2.24, 2.45) is 0 Å². The highest BCUT2D eigenvalue weighted by Gasteiger charge is 2.13. The van der Waals surface area contributed by atoms with Gasteiger partial charge in [0.05, 0.1) is 5.75 Å².